The molecule has 0 bridgehead atoms. The number of carbonyl (C=O) groups is 2. The number of nitrogens with one attached hydrogen (secondary N) is 1. The second-order valence-electron chi connectivity index (χ2n) is 5.77. The van der Waals surface area contributed by atoms with Crippen LogP contribution in [-0.2, 0) is 9.59 Å². The minimum Gasteiger partial charge on any atom is -0.346 e. The van der Waals surface area contributed by atoms with Gasteiger partial charge in [0.1, 0.15) is 0 Å². The van der Waals surface area contributed by atoms with Crippen molar-refractivity contribution in [2.45, 2.75) is 58.5 Å². The SMILES string of the molecule is CC(C)[C@H](N)C(=O)NCC(=O)N1CCCCCC1C. The topological polar surface area (TPSA) is 75.4 Å². The number of carbonyl (C=O) groups excluding carboxylic acids is 2. The summed E-state index contributed by atoms with van der Waals surface area (Å²) in [6, 6.07) is -0.278. The summed E-state index contributed by atoms with van der Waals surface area (Å²) in [6.45, 7) is 6.71. The normalized spacial score (nSPS) is 21.9. The van der Waals surface area contributed by atoms with Crippen molar-refractivity contribution >= 4 is 11.8 Å². The first-order valence-corrected chi connectivity index (χ1v) is 7.26. The number of amides is 2. The molecule has 2 amide bonds. The van der Waals surface area contributed by atoms with Gasteiger partial charge in [0, 0.05) is 12.6 Å². The Morgan fingerprint density at radius 1 is 1.32 bits per heavy atom. The number of nitrogens with two attached hydrogens (primary N) is 1. The Labute approximate surface area is 115 Å². The first-order valence-electron chi connectivity index (χ1n) is 7.26. The highest BCUT2D eigenvalue weighted by molar-refractivity contribution is 5.87. The zero-order valence-corrected chi connectivity index (χ0v) is 12.3. The summed E-state index contributed by atoms with van der Waals surface area (Å²) in [5, 5.41) is 2.65. The smallest absolute Gasteiger partial charge is 0.242 e. The van der Waals surface area contributed by atoms with E-state index in [9.17, 15) is 9.59 Å². The molecular formula is C14H27N3O2. The van der Waals surface area contributed by atoms with E-state index in [0.29, 0.717) is 0 Å². The lowest BCUT2D eigenvalue weighted by Crippen LogP contribution is -2.49. The Kier molecular flexibility index (Phi) is 6.28. The second-order valence-corrected chi connectivity index (χ2v) is 5.77. The van der Waals surface area contributed by atoms with Gasteiger partial charge in [-0.3, -0.25) is 9.59 Å². The van der Waals surface area contributed by atoms with E-state index in [-0.39, 0.29) is 30.3 Å². The molecule has 5 heteroatoms. The van der Waals surface area contributed by atoms with Gasteiger partial charge in [0.05, 0.1) is 12.6 Å². The third-order valence-electron chi connectivity index (χ3n) is 3.81. The molecule has 0 radical (unpaired) electrons. The van der Waals surface area contributed by atoms with E-state index in [1.54, 1.807) is 0 Å². The first kappa shape index (κ1) is 16.0. The fourth-order valence-electron chi connectivity index (χ4n) is 2.33. The summed E-state index contributed by atoms with van der Waals surface area (Å²) in [6.07, 6.45) is 4.45. The molecule has 1 aliphatic rings. The Hall–Kier alpha value is -1.10. The zero-order valence-electron chi connectivity index (χ0n) is 12.3. The molecule has 1 rings (SSSR count). The lowest BCUT2D eigenvalue weighted by molar-refractivity contribution is -0.134. The lowest BCUT2D eigenvalue weighted by atomic mass is 10.1. The molecule has 0 saturated carbocycles. The molecule has 0 aliphatic carbocycles. The van der Waals surface area contributed by atoms with Crippen LogP contribution in [0.15, 0.2) is 0 Å². The van der Waals surface area contributed by atoms with Crippen LogP contribution in [-0.4, -0.2) is 41.9 Å². The molecule has 2 atom stereocenters. The van der Waals surface area contributed by atoms with Crippen LogP contribution >= 0.6 is 0 Å². The maximum Gasteiger partial charge on any atom is 0.242 e. The van der Waals surface area contributed by atoms with Crippen molar-refractivity contribution in [3.8, 4) is 0 Å². The predicted molar refractivity (Wildman–Crippen MR) is 75.5 cm³/mol. The average molecular weight is 269 g/mol. The van der Waals surface area contributed by atoms with Crippen molar-refractivity contribution in [2.24, 2.45) is 11.7 Å². The molecular weight excluding hydrogens is 242 g/mol. The molecule has 3 N–H and O–H groups in total. The van der Waals surface area contributed by atoms with E-state index in [1.807, 2.05) is 18.7 Å². The van der Waals surface area contributed by atoms with Crippen LogP contribution in [0, 0.1) is 5.92 Å². The van der Waals surface area contributed by atoms with Gasteiger partial charge < -0.3 is 16.0 Å². The lowest BCUT2D eigenvalue weighted by Gasteiger charge is -2.27. The number of hydrogen-bond donors (Lipinski definition) is 2. The van der Waals surface area contributed by atoms with Crippen LogP contribution in [0.25, 0.3) is 0 Å². The fraction of sp³-hybridized carbons (Fsp3) is 0.857. The van der Waals surface area contributed by atoms with Crippen molar-refractivity contribution < 1.29 is 9.59 Å². The van der Waals surface area contributed by atoms with Crippen molar-refractivity contribution in [1.82, 2.24) is 10.2 Å². The van der Waals surface area contributed by atoms with Gasteiger partial charge in [0.15, 0.2) is 0 Å². The third-order valence-corrected chi connectivity index (χ3v) is 3.81. The standard InChI is InChI=1S/C14H27N3O2/c1-10(2)13(15)14(19)16-9-12(18)17-8-6-4-5-7-11(17)3/h10-11,13H,4-9,15H2,1-3H3,(H,16,19)/t11?,13-/m0/s1. The quantitative estimate of drug-likeness (QED) is 0.795. The van der Waals surface area contributed by atoms with Crippen LogP contribution in [0.5, 0.6) is 0 Å². The Morgan fingerprint density at radius 2 is 2.00 bits per heavy atom. The van der Waals surface area contributed by atoms with E-state index in [1.165, 1.54) is 12.8 Å². The Bertz CT molecular complexity index is 318. The molecule has 1 unspecified atom stereocenters. The molecule has 1 saturated heterocycles. The van der Waals surface area contributed by atoms with Gasteiger partial charge in [-0.1, -0.05) is 26.7 Å². The maximum absolute atomic E-state index is 12.1. The monoisotopic (exact) mass is 269 g/mol. The van der Waals surface area contributed by atoms with Gasteiger partial charge in [-0.25, -0.2) is 0 Å². The van der Waals surface area contributed by atoms with Crippen LogP contribution in [0.3, 0.4) is 0 Å². The van der Waals surface area contributed by atoms with Crippen molar-refractivity contribution in [3.05, 3.63) is 0 Å². The van der Waals surface area contributed by atoms with Gasteiger partial charge in [-0.05, 0) is 25.7 Å². The van der Waals surface area contributed by atoms with E-state index in [4.69, 9.17) is 5.73 Å². The number of likely N-dealkylation sites (tertiary alicyclic amines) is 1. The molecule has 0 aromatic heterocycles. The summed E-state index contributed by atoms with van der Waals surface area (Å²) in [5.74, 6) is -0.170. The molecule has 110 valence electrons. The fourth-order valence-corrected chi connectivity index (χ4v) is 2.33. The first-order chi connectivity index (χ1) is 8.93. The second kappa shape index (κ2) is 7.48. The van der Waals surface area contributed by atoms with Crippen LogP contribution in [0.2, 0.25) is 0 Å². The third kappa shape index (κ3) is 4.82. The zero-order chi connectivity index (χ0) is 14.4. The molecule has 1 heterocycles. The summed E-state index contributed by atoms with van der Waals surface area (Å²) in [7, 11) is 0. The Balaban J connectivity index is 2.43. The minimum atomic E-state index is -0.547. The van der Waals surface area contributed by atoms with Gasteiger partial charge in [0.2, 0.25) is 11.8 Å². The molecule has 0 aromatic rings. The van der Waals surface area contributed by atoms with E-state index in [2.05, 4.69) is 12.2 Å². The van der Waals surface area contributed by atoms with E-state index in [0.717, 1.165) is 19.4 Å². The minimum absolute atomic E-state index is 0.00120. The summed E-state index contributed by atoms with van der Waals surface area (Å²) in [4.78, 5) is 25.7. The van der Waals surface area contributed by atoms with Crippen LogP contribution < -0.4 is 11.1 Å². The van der Waals surface area contributed by atoms with E-state index < -0.39 is 6.04 Å². The van der Waals surface area contributed by atoms with Gasteiger partial charge in [-0.15, -0.1) is 0 Å². The average Bonchev–Trinajstić information content (AvgIpc) is 2.59. The van der Waals surface area contributed by atoms with Crippen molar-refractivity contribution in [1.29, 1.82) is 0 Å². The van der Waals surface area contributed by atoms with Gasteiger partial charge in [-0.2, -0.15) is 0 Å². The van der Waals surface area contributed by atoms with Crippen LogP contribution in [0.4, 0.5) is 0 Å². The van der Waals surface area contributed by atoms with Gasteiger partial charge >= 0.3 is 0 Å². The summed E-state index contributed by atoms with van der Waals surface area (Å²) >= 11 is 0. The predicted octanol–water partition coefficient (Wildman–Crippen LogP) is 0.877. The molecule has 19 heavy (non-hydrogen) atoms. The van der Waals surface area contributed by atoms with Crippen molar-refractivity contribution in [2.75, 3.05) is 13.1 Å². The summed E-state index contributed by atoms with van der Waals surface area (Å²) < 4.78 is 0. The highest BCUT2D eigenvalue weighted by Crippen LogP contribution is 2.16. The largest absolute Gasteiger partial charge is 0.346 e. The summed E-state index contributed by atoms with van der Waals surface area (Å²) in [5.41, 5.74) is 5.74. The van der Waals surface area contributed by atoms with Gasteiger partial charge in [0.25, 0.3) is 0 Å². The Morgan fingerprint density at radius 3 is 2.63 bits per heavy atom. The molecule has 5 nitrogen and oxygen atoms in total. The van der Waals surface area contributed by atoms with E-state index >= 15 is 0 Å². The molecule has 0 aromatic carbocycles. The highest BCUT2D eigenvalue weighted by atomic mass is 16.2. The van der Waals surface area contributed by atoms with Crippen LogP contribution in [0.1, 0.15) is 46.5 Å². The number of nitrogens with zero attached hydrogens (tertiary/aromatic N) is 1. The molecule has 0 spiro atoms. The van der Waals surface area contributed by atoms with Crippen molar-refractivity contribution in [3.63, 3.8) is 0 Å². The maximum atomic E-state index is 12.1. The number of hydrogen-bond acceptors (Lipinski definition) is 3. The highest BCUT2D eigenvalue weighted by Gasteiger charge is 2.23. The molecule has 1 aliphatic heterocycles. The molecule has 1 fully saturated rings. The number of rotatable bonds is 4.